The molecule has 3 rings (SSSR count). The predicted octanol–water partition coefficient (Wildman–Crippen LogP) is 0.477. The number of hydrogen-bond acceptors (Lipinski definition) is 3. The Hall–Kier alpha value is -0.260. The van der Waals surface area contributed by atoms with Gasteiger partial charge in [0.15, 0.2) is 0 Å². The topological polar surface area (TPSA) is 32.7 Å². The van der Waals surface area contributed by atoms with Gasteiger partial charge in [-0.2, -0.15) is 0 Å². The number of aliphatic hydroxyl groups is 1. The molecule has 2 aliphatic heterocycles. The Bertz CT molecular complexity index is 287. The fourth-order valence-corrected chi connectivity index (χ4v) is 2.84. The molecule has 1 aliphatic carbocycles. The van der Waals surface area contributed by atoms with Crippen LogP contribution in [0.3, 0.4) is 0 Å². The van der Waals surface area contributed by atoms with Crippen LogP contribution in [-0.2, 0) is 4.74 Å². The zero-order valence-electron chi connectivity index (χ0n) is 8.46. The van der Waals surface area contributed by atoms with Gasteiger partial charge in [-0.05, 0) is 6.42 Å². The number of ether oxygens (including phenoxy) is 1. The zero-order chi connectivity index (χ0) is 10.7. The van der Waals surface area contributed by atoms with Gasteiger partial charge in [0.05, 0.1) is 24.7 Å². The first-order valence-electron chi connectivity index (χ1n) is 5.41. The molecule has 2 heterocycles. The van der Waals surface area contributed by atoms with Crippen LogP contribution >= 0.6 is 0 Å². The molecule has 0 aromatic rings. The molecule has 3 atom stereocenters. The van der Waals surface area contributed by atoms with Crippen LogP contribution in [0, 0.1) is 5.41 Å². The van der Waals surface area contributed by atoms with Gasteiger partial charge in [-0.25, -0.2) is 8.78 Å². The highest BCUT2D eigenvalue weighted by Crippen LogP contribution is 2.60. The largest absolute Gasteiger partial charge is 0.396 e. The van der Waals surface area contributed by atoms with E-state index in [1.54, 1.807) is 0 Å². The molecule has 1 saturated carbocycles. The Morgan fingerprint density at radius 1 is 1.47 bits per heavy atom. The number of aliphatic hydroxyl groups excluding tert-OH is 1. The fraction of sp³-hybridized carbons (Fsp3) is 1.00. The van der Waals surface area contributed by atoms with Crippen molar-refractivity contribution in [3.05, 3.63) is 0 Å². The minimum Gasteiger partial charge on any atom is -0.396 e. The van der Waals surface area contributed by atoms with Crippen molar-refractivity contribution in [2.75, 3.05) is 26.3 Å². The molecule has 3 fully saturated rings. The van der Waals surface area contributed by atoms with Crippen molar-refractivity contribution in [1.82, 2.24) is 4.90 Å². The Balaban J connectivity index is 1.66. The maximum absolute atomic E-state index is 13.1. The fourth-order valence-electron chi connectivity index (χ4n) is 2.84. The van der Waals surface area contributed by atoms with Crippen LogP contribution < -0.4 is 0 Å². The highest BCUT2D eigenvalue weighted by atomic mass is 19.3. The molecule has 0 aromatic carbocycles. The monoisotopic (exact) mass is 219 g/mol. The molecule has 86 valence electrons. The van der Waals surface area contributed by atoms with Crippen molar-refractivity contribution in [1.29, 1.82) is 0 Å². The quantitative estimate of drug-likeness (QED) is 0.749. The summed E-state index contributed by atoms with van der Waals surface area (Å²) in [6, 6.07) is 0.301. The van der Waals surface area contributed by atoms with Crippen LogP contribution in [-0.4, -0.2) is 54.4 Å². The first kappa shape index (κ1) is 9.93. The third kappa shape index (κ3) is 1.33. The summed E-state index contributed by atoms with van der Waals surface area (Å²) >= 11 is 0. The zero-order valence-corrected chi connectivity index (χ0v) is 8.46. The lowest BCUT2D eigenvalue weighted by Gasteiger charge is -2.30. The number of alkyl halides is 2. The second-order valence-electron chi connectivity index (χ2n) is 5.09. The molecule has 2 bridgehead atoms. The molecular weight excluding hydrogens is 204 g/mol. The van der Waals surface area contributed by atoms with Crippen LogP contribution in [0.2, 0.25) is 0 Å². The molecule has 0 amide bonds. The molecule has 0 spiro atoms. The SMILES string of the molecule is OC[C@]1(CN2C[C@@H]3C[C@H]2CO3)CC1(F)F. The van der Waals surface area contributed by atoms with Crippen molar-refractivity contribution < 1.29 is 18.6 Å². The summed E-state index contributed by atoms with van der Waals surface area (Å²) in [6.45, 7) is 1.33. The van der Waals surface area contributed by atoms with Gasteiger partial charge in [0.2, 0.25) is 0 Å². The molecule has 3 nitrogen and oxygen atoms in total. The van der Waals surface area contributed by atoms with Crippen LogP contribution in [0.15, 0.2) is 0 Å². The molecule has 3 aliphatic rings. The predicted molar refractivity (Wildman–Crippen MR) is 48.8 cm³/mol. The van der Waals surface area contributed by atoms with Crippen molar-refractivity contribution in [2.24, 2.45) is 5.41 Å². The molecular formula is C10H15F2NO2. The summed E-state index contributed by atoms with van der Waals surface area (Å²) in [5.74, 6) is -2.66. The number of halogens is 2. The number of nitrogens with zero attached hydrogens (tertiary/aromatic N) is 1. The van der Waals surface area contributed by atoms with Gasteiger partial charge in [-0.3, -0.25) is 4.90 Å². The van der Waals surface area contributed by atoms with Gasteiger partial charge in [-0.15, -0.1) is 0 Å². The van der Waals surface area contributed by atoms with E-state index in [-0.39, 0.29) is 12.5 Å². The molecule has 2 saturated heterocycles. The van der Waals surface area contributed by atoms with E-state index in [0.717, 1.165) is 13.0 Å². The van der Waals surface area contributed by atoms with Crippen LogP contribution in [0.4, 0.5) is 8.78 Å². The third-order valence-electron chi connectivity index (χ3n) is 4.03. The van der Waals surface area contributed by atoms with E-state index in [1.807, 2.05) is 0 Å². The first-order valence-corrected chi connectivity index (χ1v) is 5.41. The van der Waals surface area contributed by atoms with Gasteiger partial charge in [-0.1, -0.05) is 0 Å². The van der Waals surface area contributed by atoms with E-state index >= 15 is 0 Å². The van der Waals surface area contributed by atoms with E-state index in [1.165, 1.54) is 0 Å². The van der Waals surface area contributed by atoms with Gasteiger partial charge < -0.3 is 9.84 Å². The maximum atomic E-state index is 13.1. The Morgan fingerprint density at radius 3 is 2.60 bits per heavy atom. The number of rotatable bonds is 3. The van der Waals surface area contributed by atoms with E-state index in [0.29, 0.717) is 19.2 Å². The van der Waals surface area contributed by atoms with Crippen molar-refractivity contribution in [3.8, 4) is 0 Å². The number of morpholine rings is 1. The molecule has 0 unspecified atom stereocenters. The smallest absolute Gasteiger partial charge is 0.258 e. The molecule has 15 heavy (non-hydrogen) atoms. The summed E-state index contributed by atoms with van der Waals surface area (Å²) in [4.78, 5) is 2.06. The number of hydrogen-bond donors (Lipinski definition) is 1. The minimum absolute atomic E-state index is 0.161. The van der Waals surface area contributed by atoms with Crippen LogP contribution in [0.25, 0.3) is 0 Å². The Morgan fingerprint density at radius 2 is 2.20 bits per heavy atom. The molecule has 1 N–H and O–H groups in total. The highest BCUT2D eigenvalue weighted by Gasteiger charge is 2.71. The van der Waals surface area contributed by atoms with Crippen LogP contribution in [0.5, 0.6) is 0 Å². The minimum atomic E-state index is -2.66. The second kappa shape index (κ2) is 2.90. The summed E-state index contributed by atoms with van der Waals surface area (Å²) in [5.41, 5.74) is -1.16. The van der Waals surface area contributed by atoms with Gasteiger partial charge in [0, 0.05) is 25.6 Å². The van der Waals surface area contributed by atoms with E-state index in [4.69, 9.17) is 9.84 Å². The molecule has 0 aromatic heterocycles. The van der Waals surface area contributed by atoms with Crippen molar-refractivity contribution in [3.63, 3.8) is 0 Å². The summed E-state index contributed by atoms with van der Waals surface area (Å²) in [5, 5.41) is 9.08. The van der Waals surface area contributed by atoms with Gasteiger partial charge >= 0.3 is 0 Å². The Labute approximate surface area is 87.0 Å². The Kier molecular flexibility index (Phi) is 1.92. The second-order valence-corrected chi connectivity index (χ2v) is 5.09. The van der Waals surface area contributed by atoms with E-state index in [2.05, 4.69) is 4.90 Å². The van der Waals surface area contributed by atoms with Gasteiger partial charge in [0.25, 0.3) is 5.92 Å². The normalized spacial score (nSPS) is 47.4. The van der Waals surface area contributed by atoms with Crippen molar-refractivity contribution >= 4 is 0 Å². The molecule has 5 heteroatoms. The average molecular weight is 219 g/mol. The maximum Gasteiger partial charge on any atom is 0.258 e. The summed E-state index contributed by atoms with van der Waals surface area (Å²) in [7, 11) is 0. The number of fused-ring (bicyclic) bond motifs is 2. The average Bonchev–Trinajstić information content (AvgIpc) is 2.63. The van der Waals surface area contributed by atoms with Crippen LogP contribution in [0.1, 0.15) is 12.8 Å². The standard InChI is InChI=1S/C10H15F2NO2/c11-10(12)4-9(10,6-14)5-13-2-8-1-7(13)3-15-8/h7-8,14H,1-6H2/t7-,8-,9+/m0/s1. The lowest BCUT2D eigenvalue weighted by Crippen LogP contribution is -2.43. The van der Waals surface area contributed by atoms with E-state index in [9.17, 15) is 8.78 Å². The summed E-state index contributed by atoms with van der Waals surface area (Å²) < 4.78 is 31.7. The third-order valence-corrected chi connectivity index (χ3v) is 4.03. The van der Waals surface area contributed by atoms with Crippen molar-refractivity contribution in [2.45, 2.75) is 30.9 Å². The van der Waals surface area contributed by atoms with E-state index < -0.39 is 17.9 Å². The molecule has 0 radical (unpaired) electrons. The lowest BCUT2D eigenvalue weighted by atomic mass is 10.1. The van der Waals surface area contributed by atoms with Gasteiger partial charge in [0.1, 0.15) is 0 Å². The summed E-state index contributed by atoms with van der Waals surface area (Å²) in [6.07, 6.45) is 1.04. The number of likely N-dealkylation sites (tertiary alicyclic amines) is 1. The lowest BCUT2D eigenvalue weighted by molar-refractivity contribution is -0.0146. The highest BCUT2D eigenvalue weighted by molar-refractivity contribution is 5.12. The first-order chi connectivity index (χ1) is 7.06.